The van der Waals surface area contributed by atoms with Gasteiger partial charge in [-0.3, -0.25) is 4.68 Å². The van der Waals surface area contributed by atoms with Crippen LogP contribution in [-0.2, 0) is 6.54 Å². The standard InChI is InChI=1S/C15H19N3O/c19-15-7-3-4-12(8-15)9-16-13-10-17-18(11-13)14-5-1-2-6-14/h3-4,7-8,10-11,14,16,19H,1-2,5-6,9H2. The van der Waals surface area contributed by atoms with Gasteiger partial charge in [0.2, 0.25) is 0 Å². The number of hydrogen-bond acceptors (Lipinski definition) is 3. The molecule has 0 spiro atoms. The van der Waals surface area contributed by atoms with Crippen molar-refractivity contribution in [3.05, 3.63) is 42.2 Å². The van der Waals surface area contributed by atoms with E-state index in [-0.39, 0.29) is 0 Å². The van der Waals surface area contributed by atoms with Gasteiger partial charge in [0.05, 0.1) is 17.9 Å². The molecule has 0 atom stereocenters. The Kier molecular flexibility index (Phi) is 3.40. The van der Waals surface area contributed by atoms with Crippen LogP contribution < -0.4 is 5.32 Å². The number of phenols is 1. The van der Waals surface area contributed by atoms with Crippen LogP contribution in [0.3, 0.4) is 0 Å². The number of phenolic OH excluding ortho intramolecular Hbond substituents is 1. The second-order valence-corrected chi connectivity index (χ2v) is 5.17. The maximum Gasteiger partial charge on any atom is 0.115 e. The van der Waals surface area contributed by atoms with Crippen molar-refractivity contribution in [2.45, 2.75) is 38.3 Å². The average molecular weight is 257 g/mol. The molecule has 0 saturated heterocycles. The highest BCUT2D eigenvalue weighted by Crippen LogP contribution is 2.29. The van der Waals surface area contributed by atoms with Crippen LogP contribution in [0, 0.1) is 0 Å². The zero-order chi connectivity index (χ0) is 13.1. The van der Waals surface area contributed by atoms with Crippen LogP contribution in [0.15, 0.2) is 36.7 Å². The van der Waals surface area contributed by atoms with Gasteiger partial charge in [0.15, 0.2) is 0 Å². The Morgan fingerprint density at radius 2 is 2.16 bits per heavy atom. The Morgan fingerprint density at radius 1 is 1.32 bits per heavy atom. The molecule has 19 heavy (non-hydrogen) atoms. The van der Waals surface area contributed by atoms with Crippen molar-refractivity contribution in [3.8, 4) is 5.75 Å². The van der Waals surface area contributed by atoms with Gasteiger partial charge in [-0.2, -0.15) is 5.10 Å². The predicted octanol–water partition coefficient (Wildman–Crippen LogP) is 3.32. The third-order valence-corrected chi connectivity index (χ3v) is 3.71. The van der Waals surface area contributed by atoms with Crippen molar-refractivity contribution in [1.29, 1.82) is 0 Å². The monoisotopic (exact) mass is 257 g/mol. The molecule has 1 aromatic carbocycles. The molecule has 2 aromatic rings. The summed E-state index contributed by atoms with van der Waals surface area (Å²) in [4.78, 5) is 0. The maximum atomic E-state index is 9.41. The van der Waals surface area contributed by atoms with E-state index >= 15 is 0 Å². The summed E-state index contributed by atoms with van der Waals surface area (Å²) < 4.78 is 2.08. The van der Waals surface area contributed by atoms with E-state index in [4.69, 9.17) is 0 Å². The van der Waals surface area contributed by atoms with Crippen molar-refractivity contribution in [2.75, 3.05) is 5.32 Å². The van der Waals surface area contributed by atoms with Gasteiger partial charge in [0.1, 0.15) is 5.75 Å². The quantitative estimate of drug-likeness (QED) is 0.883. The van der Waals surface area contributed by atoms with E-state index in [2.05, 4.69) is 21.3 Å². The van der Waals surface area contributed by atoms with Crippen LogP contribution >= 0.6 is 0 Å². The molecular weight excluding hydrogens is 238 g/mol. The first-order chi connectivity index (χ1) is 9.31. The molecule has 1 aliphatic rings. The highest BCUT2D eigenvalue weighted by Gasteiger charge is 2.17. The molecule has 0 aliphatic heterocycles. The minimum atomic E-state index is 0.306. The minimum Gasteiger partial charge on any atom is -0.508 e. The van der Waals surface area contributed by atoms with Crippen LogP contribution in [-0.4, -0.2) is 14.9 Å². The Labute approximate surface area is 113 Å². The van der Waals surface area contributed by atoms with Crippen molar-refractivity contribution in [3.63, 3.8) is 0 Å². The third-order valence-electron chi connectivity index (χ3n) is 3.71. The van der Waals surface area contributed by atoms with Crippen LogP contribution in [0.25, 0.3) is 0 Å². The molecular formula is C15H19N3O. The average Bonchev–Trinajstić information content (AvgIpc) is 3.07. The van der Waals surface area contributed by atoms with E-state index in [0.717, 1.165) is 11.3 Å². The molecule has 0 amide bonds. The van der Waals surface area contributed by atoms with Crippen molar-refractivity contribution in [1.82, 2.24) is 9.78 Å². The zero-order valence-electron chi connectivity index (χ0n) is 10.9. The summed E-state index contributed by atoms with van der Waals surface area (Å²) in [5.41, 5.74) is 2.10. The number of anilines is 1. The highest BCUT2D eigenvalue weighted by atomic mass is 16.3. The predicted molar refractivity (Wildman–Crippen MR) is 75.2 cm³/mol. The number of hydrogen-bond donors (Lipinski definition) is 2. The van der Waals surface area contributed by atoms with E-state index in [1.807, 2.05) is 18.3 Å². The van der Waals surface area contributed by atoms with Crippen molar-refractivity contribution in [2.24, 2.45) is 0 Å². The minimum absolute atomic E-state index is 0.306. The zero-order valence-corrected chi connectivity index (χ0v) is 10.9. The molecule has 3 rings (SSSR count). The van der Waals surface area contributed by atoms with E-state index in [9.17, 15) is 5.11 Å². The molecule has 1 aromatic heterocycles. The molecule has 2 N–H and O–H groups in total. The van der Waals surface area contributed by atoms with Crippen molar-refractivity contribution >= 4 is 5.69 Å². The lowest BCUT2D eigenvalue weighted by Crippen LogP contribution is -2.04. The van der Waals surface area contributed by atoms with Gasteiger partial charge >= 0.3 is 0 Å². The van der Waals surface area contributed by atoms with Crippen LogP contribution in [0.2, 0.25) is 0 Å². The molecule has 1 aliphatic carbocycles. The molecule has 0 bridgehead atoms. The van der Waals surface area contributed by atoms with E-state index in [1.54, 1.807) is 12.1 Å². The van der Waals surface area contributed by atoms with E-state index in [0.29, 0.717) is 18.3 Å². The number of aromatic nitrogens is 2. The molecule has 1 saturated carbocycles. The summed E-state index contributed by atoms with van der Waals surface area (Å²) in [6, 6.07) is 7.88. The molecule has 100 valence electrons. The summed E-state index contributed by atoms with van der Waals surface area (Å²) in [7, 11) is 0. The largest absolute Gasteiger partial charge is 0.508 e. The molecule has 0 radical (unpaired) electrons. The number of benzene rings is 1. The number of nitrogens with zero attached hydrogens (tertiary/aromatic N) is 2. The molecule has 4 heteroatoms. The molecule has 4 nitrogen and oxygen atoms in total. The fourth-order valence-electron chi connectivity index (χ4n) is 2.67. The highest BCUT2D eigenvalue weighted by molar-refractivity contribution is 5.40. The Balaban J connectivity index is 1.61. The van der Waals surface area contributed by atoms with Crippen LogP contribution in [0.1, 0.15) is 37.3 Å². The molecule has 1 fully saturated rings. The lowest BCUT2D eigenvalue weighted by molar-refractivity contribution is 0.467. The Morgan fingerprint density at radius 3 is 2.95 bits per heavy atom. The van der Waals surface area contributed by atoms with Crippen LogP contribution in [0.5, 0.6) is 5.75 Å². The molecule has 0 unspecified atom stereocenters. The fraction of sp³-hybridized carbons (Fsp3) is 0.400. The second kappa shape index (κ2) is 5.34. The SMILES string of the molecule is Oc1cccc(CNc2cnn(C3CCCC3)c2)c1. The first-order valence-electron chi connectivity index (χ1n) is 6.87. The van der Waals surface area contributed by atoms with Gasteiger partial charge in [-0.1, -0.05) is 25.0 Å². The van der Waals surface area contributed by atoms with E-state index in [1.165, 1.54) is 25.7 Å². The first kappa shape index (κ1) is 12.1. The van der Waals surface area contributed by atoms with Gasteiger partial charge in [-0.25, -0.2) is 0 Å². The van der Waals surface area contributed by atoms with E-state index < -0.39 is 0 Å². The lowest BCUT2D eigenvalue weighted by atomic mass is 10.2. The normalized spacial score (nSPS) is 15.8. The van der Waals surface area contributed by atoms with Gasteiger partial charge in [-0.05, 0) is 30.5 Å². The number of nitrogens with one attached hydrogen (secondary N) is 1. The smallest absolute Gasteiger partial charge is 0.115 e. The third kappa shape index (κ3) is 2.89. The summed E-state index contributed by atoms with van der Waals surface area (Å²) in [6.07, 6.45) is 9.08. The summed E-state index contributed by atoms with van der Waals surface area (Å²) >= 11 is 0. The van der Waals surface area contributed by atoms with Gasteiger partial charge in [-0.15, -0.1) is 0 Å². The second-order valence-electron chi connectivity index (χ2n) is 5.17. The van der Waals surface area contributed by atoms with Gasteiger partial charge < -0.3 is 10.4 Å². The van der Waals surface area contributed by atoms with Crippen molar-refractivity contribution < 1.29 is 5.11 Å². The van der Waals surface area contributed by atoms with Gasteiger partial charge in [0.25, 0.3) is 0 Å². The number of rotatable bonds is 4. The lowest BCUT2D eigenvalue weighted by Gasteiger charge is -2.08. The molecule has 1 heterocycles. The first-order valence-corrected chi connectivity index (χ1v) is 6.87. The van der Waals surface area contributed by atoms with Gasteiger partial charge in [0, 0.05) is 12.7 Å². The Hall–Kier alpha value is -1.97. The summed E-state index contributed by atoms with van der Waals surface area (Å²) in [5.74, 6) is 0.306. The Bertz CT molecular complexity index is 544. The van der Waals surface area contributed by atoms with Crippen LogP contribution in [0.4, 0.5) is 5.69 Å². The summed E-state index contributed by atoms with van der Waals surface area (Å²) in [6.45, 7) is 0.699. The summed E-state index contributed by atoms with van der Waals surface area (Å²) in [5, 5.41) is 17.2. The topological polar surface area (TPSA) is 50.1 Å². The maximum absolute atomic E-state index is 9.41. The fourth-order valence-corrected chi connectivity index (χ4v) is 2.67. The number of aromatic hydroxyl groups is 1.